The zero-order valence-electron chi connectivity index (χ0n) is 9.30. The van der Waals surface area contributed by atoms with Crippen LogP contribution in [0, 0.1) is 0 Å². The average molecular weight is 223 g/mol. The third kappa shape index (κ3) is 2.82. The Bertz CT molecular complexity index is 356. The third-order valence-corrected chi connectivity index (χ3v) is 2.94. The maximum absolute atomic E-state index is 10.6. The summed E-state index contributed by atoms with van der Waals surface area (Å²) in [5.74, 6) is -0.960. The Balaban J connectivity index is 1.74. The van der Waals surface area contributed by atoms with Crippen LogP contribution in [0.2, 0.25) is 0 Å². The number of aromatic nitrogens is 2. The molecular formula is C11H17N3O2. The van der Waals surface area contributed by atoms with Gasteiger partial charge in [0.2, 0.25) is 0 Å². The molecule has 16 heavy (non-hydrogen) atoms. The van der Waals surface area contributed by atoms with Crippen LogP contribution in [0.15, 0.2) is 12.5 Å². The predicted octanol–water partition coefficient (Wildman–Crippen LogP) is 1.07. The molecule has 0 unspecified atom stereocenters. The highest BCUT2D eigenvalue weighted by Gasteiger charge is 2.11. The maximum atomic E-state index is 10.6. The standard InChI is InChI=1S/C11H17N3O2/c15-11(16)10-8-14(9-12-10)7-3-6-13-4-1-2-5-13/h8-9H,1-7H2,(H,15,16). The van der Waals surface area contributed by atoms with E-state index >= 15 is 0 Å². The van der Waals surface area contributed by atoms with Crippen LogP contribution >= 0.6 is 0 Å². The van der Waals surface area contributed by atoms with E-state index in [0.717, 1.165) is 19.5 Å². The monoisotopic (exact) mass is 223 g/mol. The topological polar surface area (TPSA) is 58.4 Å². The summed E-state index contributed by atoms with van der Waals surface area (Å²) >= 11 is 0. The number of nitrogens with zero attached hydrogens (tertiary/aromatic N) is 3. The molecule has 0 saturated carbocycles. The second-order valence-corrected chi connectivity index (χ2v) is 4.20. The number of carboxylic acid groups (broad SMARTS) is 1. The fraction of sp³-hybridized carbons (Fsp3) is 0.636. The molecule has 1 fully saturated rings. The lowest BCUT2D eigenvalue weighted by Crippen LogP contribution is -2.21. The van der Waals surface area contributed by atoms with Crippen LogP contribution in [0.3, 0.4) is 0 Å². The quantitative estimate of drug-likeness (QED) is 0.811. The summed E-state index contributed by atoms with van der Waals surface area (Å²) in [5, 5.41) is 8.71. The Morgan fingerprint density at radius 1 is 1.38 bits per heavy atom. The zero-order chi connectivity index (χ0) is 11.4. The van der Waals surface area contributed by atoms with E-state index in [1.807, 2.05) is 4.57 Å². The molecule has 1 aliphatic rings. The Hall–Kier alpha value is -1.36. The number of hydrogen-bond acceptors (Lipinski definition) is 3. The van der Waals surface area contributed by atoms with Crippen molar-refractivity contribution < 1.29 is 9.90 Å². The number of aromatic carboxylic acids is 1. The van der Waals surface area contributed by atoms with Crippen molar-refractivity contribution >= 4 is 5.97 Å². The lowest BCUT2D eigenvalue weighted by atomic mass is 10.4. The average Bonchev–Trinajstić information content (AvgIpc) is 2.87. The normalized spacial score (nSPS) is 16.8. The van der Waals surface area contributed by atoms with Crippen molar-refractivity contribution in [2.45, 2.75) is 25.8 Å². The van der Waals surface area contributed by atoms with E-state index in [4.69, 9.17) is 5.11 Å². The van der Waals surface area contributed by atoms with Gasteiger partial charge in [0.1, 0.15) is 0 Å². The molecule has 5 nitrogen and oxygen atoms in total. The van der Waals surface area contributed by atoms with Crippen molar-refractivity contribution in [2.24, 2.45) is 0 Å². The summed E-state index contributed by atoms with van der Waals surface area (Å²) in [6, 6.07) is 0. The smallest absolute Gasteiger partial charge is 0.356 e. The fourth-order valence-corrected chi connectivity index (χ4v) is 2.08. The molecule has 1 aromatic rings. The summed E-state index contributed by atoms with van der Waals surface area (Å²) in [5.41, 5.74) is 0.126. The van der Waals surface area contributed by atoms with E-state index in [0.29, 0.717) is 0 Å². The van der Waals surface area contributed by atoms with Gasteiger partial charge in [-0.15, -0.1) is 0 Å². The number of hydrogen-bond donors (Lipinski definition) is 1. The number of imidazole rings is 1. The minimum Gasteiger partial charge on any atom is -0.476 e. The van der Waals surface area contributed by atoms with Crippen LogP contribution in [-0.2, 0) is 6.54 Å². The van der Waals surface area contributed by atoms with Gasteiger partial charge in [-0.25, -0.2) is 9.78 Å². The first kappa shape index (κ1) is 11.1. The number of carbonyl (C=O) groups is 1. The molecule has 1 aromatic heterocycles. The first-order chi connectivity index (χ1) is 7.75. The molecule has 5 heteroatoms. The summed E-state index contributed by atoms with van der Waals surface area (Å²) in [4.78, 5) is 16.9. The van der Waals surface area contributed by atoms with Gasteiger partial charge < -0.3 is 14.6 Å². The van der Waals surface area contributed by atoms with Crippen LogP contribution in [0.5, 0.6) is 0 Å². The molecule has 1 aliphatic heterocycles. The van der Waals surface area contributed by atoms with Crippen molar-refractivity contribution in [3.8, 4) is 0 Å². The first-order valence-corrected chi connectivity index (χ1v) is 5.73. The van der Waals surface area contributed by atoms with Crippen LogP contribution < -0.4 is 0 Å². The number of carboxylic acids is 1. The second kappa shape index (κ2) is 5.12. The SMILES string of the molecule is O=C(O)c1cn(CCCN2CCCC2)cn1. The van der Waals surface area contributed by atoms with Gasteiger partial charge in [-0.2, -0.15) is 0 Å². The molecule has 0 amide bonds. The molecule has 0 radical (unpaired) electrons. The van der Waals surface area contributed by atoms with E-state index in [2.05, 4.69) is 9.88 Å². The van der Waals surface area contributed by atoms with E-state index in [1.54, 1.807) is 12.5 Å². The summed E-state index contributed by atoms with van der Waals surface area (Å²) in [6.07, 6.45) is 6.86. The highest BCUT2D eigenvalue weighted by Crippen LogP contribution is 2.08. The number of rotatable bonds is 5. The third-order valence-electron chi connectivity index (χ3n) is 2.94. The Morgan fingerprint density at radius 3 is 2.75 bits per heavy atom. The first-order valence-electron chi connectivity index (χ1n) is 5.73. The Kier molecular flexibility index (Phi) is 3.56. The maximum Gasteiger partial charge on any atom is 0.356 e. The molecule has 88 valence electrons. The zero-order valence-corrected chi connectivity index (χ0v) is 9.30. The van der Waals surface area contributed by atoms with E-state index in [-0.39, 0.29) is 5.69 Å². The van der Waals surface area contributed by atoms with Gasteiger partial charge in [-0.1, -0.05) is 0 Å². The molecule has 0 aromatic carbocycles. The van der Waals surface area contributed by atoms with Crippen molar-refractivity contribution in [2.75, 3.05) is 19.6 Å². The van der Waals surface area contributed by atoms with E-state index < -0.39 is 5.97 Å². The molecule has 1 saturated heterocycles. The molecule has 2 rings (SSSR count). The largest absolute Gasteiger partial charge is 0.476 e. The minimum atomic E-state index is -0.960. The molecule has 1 N–H and O–H groups in total. The van der Waals surface area contributed by atoms with Crippen molar-refractivity contribution in [3.05, 3.63) is 18.2 Å². The van der Waals surface area contributed by atoms with Gasteiger partial charge in [-0.05, 0) is 38.9 Å². The molecule has 0 aliphatic carbocycles. The lowest BCUT2D eigenvalue weighted by Gasteiger charge is -2.13. The lowest BCUT2D eigenvalue weighted by molar-refractivity contribution is 0.0691. The van der Waals surface area contributed by atoms with E-state index in [1.165, 1.54) is 25.9 Å². The highest BCUT2D eigenvalue weighted by atomic mass is 16.4. The fourth-order valence-electron chi connectivity index (χ4n) is 2.08. The number of aryl methyl sites for hydroxylation is 1. The molecule has 0 bridgehead atoms. The van der Waals surface area contributed by atoms with Gasteiger partial charge in [0.15, 0.2) is 5.69 Å². The van der Waals surface area contributed by atoms with Gasteiger partial charge in [0.25, 0.3) is 0 Å². The second-order valence-electron chi connectivity index (χ2n) is 4.20. The minimum absolute atomic E-state index is 0.126. The van der Waals surface area contributed by atoms with Gasteiger partial charge in [0.05, 0.1) is 6.33 Å². The van der Waals surface area contributed by atoms with Gasteiger partial charge in [0, 0.05) is 12.7 Å². The highest BCUT2D eigenvalue weighted by molar-refractivity contribution is 5.84. The summed E-state index contributed by atoms with van der Waals surface area (Å²) in [7, 11) is 0. The predicted molar refractivity (Wildman–Crippen MR) is 59.5 cm³/mol. The van der Waals surface area contributed by atoms with Crippen LogP contribution in [0.4, 0.5) is 0 Å². The van der Waals surface area contributed by atoms with E-state index in [9.17, 15) is 4.79 Å². The molecule has 0 atom stereocenters. The van der Waals surface area contributed by atoms with Crippen molar-refractivity contribution in [1.29, 1.82) is 0 Å². The molecular weight excluding hydrogens is 206 g/mol. The van der Waals surface area contributed by atoms with Crippen LogP contribution in [-0.4, -0.2) is 45.2 Å². The van der Waals surface area contributed by atoms with Crippen LogP contribution in [0.25, 0.3) is 0 Å². The Morgan fingerprint density at radius 2 is 2.12 bits per heavy atom. The molecule has 0 spiro atoms. The molecule has 2 heterocycles. The van der Waals surface area contributed by atoms with Crippen molar-refractivity contribution in [3.63, 3.8) is 0 Å². The van der Waals surface area contributed by atoms with Crippen molar-refractivity contribution in [1.82, 2.24) is 14.5 Å². The Labute approximate surface area is 94.7 Å². The number of likely N-dealkylation sites (tertiary alicyclic amines) is 1. The van der Waals surface area contributed by atoms with Gasteiger partial charge >= 0.3 is 5.97 Å². The van der Waals surface area contributed by atoms with Crippen LogP contribution in [0.1, 0.15) is 29.8 Å². The summed E-state index contributed by atoms with van der Waals surface area (Å²) in [6.45, 7) is 4.37. The van der Waals surface area contributed by atoms with Gasteiger partial charge in [-0.3, -0.25) is 0 Å². The summed E-state index contributed by atoms with van der Waals surface area (Å²) < 4.78 is 1.85.